The molecule has 0 amide bonds. The van der Waals surface area contributed by atoms with Gasteiger partial charge in [0.2, 0.25) is 0 Å². The Morgan fingerprint density at radius 3 is 2.00 bits per heavy atom. The molecule has 0 aliphatic carbocycles. The lowest BCUT2D eigenvalue weighted by atomic mass is 9.88. The molecule has 2 aromatic carbocycles. The normalized spacial score (nSPS) is 11.2. The van der Waals surface area contributed by atoms with E-state index in [9.17, 15) is 0 Å². The Hall–Kier alpha value is -1.64. The van der Waals surface area contributed by atoms with Gasteiger partial charge in [0.05, 0.1) is 13.2 Å². The minimum Gasteiger partial charge on any atom is -0.382 e. The highest BCUT2D eigenvalue weighted by Gasteiger charge is 2.13. The van der Waals surface area contributed by atoms with Crippen molar-refractivity contribution in [2.45, 2.75) is 18.8 Å². The summed E-state index contributed by atoms with van der Waals surface area (Å²) in [6.45, 7) is 3.67. The maximum absolute atomic E-state index is 5.47. The quantitative estimate of drug-likeness (QED) is 0.196. The van der Waals surface area contributed by atoms with E-state index in [0.717, 1.165) is 38.5 Å². The molecule has 0 aliphatic heterocycles. The molecule has 0 heterocycles. The topological polar surface area (TPSA) is 54.9 Å². The number of nitrogens with one attached hydrogen (secondary N) is 2. The lowest BCUT2D eigenvalue weighted by molar-refractivity contribution is 0.0698. The third-order valence-electron chi connectivity index (χ3n) is 4.54. The van der Waals surface area contributed by atoms with Gasteiger partial charge in [-0.1, -0.05) is 60.7 Å². The summed E-state index contributed by atoms with van der Waals surface area (Å²) in [7, 11) is 3.48. The summed E-state index contributed by atoms with van der Waals surface area (Å²) in [5.41, 5.74) is 2.68. The first-order valence-corrected chi connectivity index (χ1v) is 9.96. The van der Waals surface area contributed by atoms with E-state index in [1.54, 1.807) is 14.2 Å². The second kappa shape index (κ2) is 16.2. The molecule has 5 nitrogen and oxygen atoms in total. The van der Waals surface area contributed by atoms with Crippen LogP contribution in [0.3, 0.4) is 0 Å². The van der Waals surface area contributed by atoms with Crippen molar-refractivity contribution in [1.29, 1.82) is 0 Å². The van der Waals surface area contributed by atoms with Crippen molar-refractivity contribution in [2.24, 2.45) is 4.99 Å². The summed E-state index contributed by atoms with van der Waals surface area (Å²) in [6, 6.07) is 21.4. The van der Waals surface area contributed by atoms with Crippen molar-refractivity contribution in [2.75, 3.05) is 47.1 Å². The molecule has 0 aliphatic rings. The molecule has 160 valence electrons. The molecule has 2 aromatic rings. The SMILES string of the molecule is CN=C(NCCCOCCOC)NCCC(c1ccccc1)c1ccccc1.I. The van der Waals surface area contributed by atoms with Crippen LogP contribution in [-0.4, -0.2) is 53.0 Å². The van der Waals surface area contributed by atoms with Crippen molar-refractivity contribution in [3.8, 4) is 0 Å². The molecule has 2 N–H and O–H groups in total. The van der Waals surface area contributed by atoms with Crippen LogP contribution in [0.25, 0.3) is 0 Å². The van der Waals surface area contributed by atoms with Gasteiger partial charge in [0.15, 0.2) is 5.96 Å². The van der Waals surface area contributed by atoms with Crippen LogP contribution in [0.4, 0.5) is 0 Å². The number of hydrogen-bond donors (Lipinski definition) is 2. The number of ether oxygens (including phenoxy) is 2. The fraction of sp³-hybridized carbons (Fsp3) is 0.435. The number of rotatable bonds is 12. The molecule has 29 heavy (non-hydrogen) atoms. The molecule has 0 atom stereocenters. The molecule has 0 fully saturated rings. The van der Waals surface area contributed by atoms with Crippen molar-refractivity contribution in [1.82, 2.24) is 10.6 Å². The van der Waals surface area contributed by atoms with Gasteiger partial charge in [-0.3, -0.25) is 4.99 Å². The van der Waals surface area contributed by atoms with Gasteiger partial charge in [0.25, 0.3) is 0 Å². The number of methoxy groups -OCH3 is 1. The Morgan fingerprint density at radius 2 is 1.45 bits per heavy atom. The van der Waals surface area contributed by atoms with Gasteiger partial charge < -0.3 is 20.1 Å². The van der Waals surface area contributed by atoms with Crippen LogP contribution in [0.5, 0.6) is 0 Å². The Kier molecular flexibility index (Phi) is 14.2. The summed E-state index contributed by atoms with van der Waals surface area (Å²) in [5, 5.41) is 6.77. The van der Waals surface area contributed by atoms with Gasteiger partial charge in [0, 0.05) is 39.8 Å². The van der Waals surface area contributed by atoms with E-state index in [1.807, 2.05) is 0 Å². The molecular formula is C23H34IN3O2. The summed E-state index contributed by atoms with van der Waals surface area (Å²) >= 11 is 0. The van der Waals surface area contributed by atoms with Crippen LogP contribution in [0.1, 0.15) is 29.9 Å². The lowest BCUT2D eigenvalue weighted by Gasteiger charge is -2.19. The fourth-order valence-corrected chi connectivity index (χ4v) is 3.08. The fourth-order valence-electron chi connectivity index (χ4n) is 3.08. The summed E-state index contributed by atoms with van der Waals surface area (Å²) < 4.78 is 10.4. The average Bonchev–Trinajstić information content (AvgIpc) is 2.76. The Bertz CT molecular complexity index is 629. The zero-order valence-corrected chi connectivity index (χ0v) is 19.8. The Labute approximate surface area is 192 Å². The second-order valence-electron chi connectivity index (χ2n) is 6.55. The molecule has 0 unspecified atom stereocenters. The van der Waals surface area contributed by atoms with E-state index in [-0.39, 0.29) is 24.0 Å². The van der Waals surface area contributed by atoms with Crippen LogP contribution in [-0.2, 0) is 9.47 Å². The smallest absolute Gasteiger partial charge is 0.190 e. The molecule has 6 heteroatoms. The molecule has 0 saturated heterocycles. The maximum Gasteiger partial charge on any atom is 0.190 e. The summed E-state index contributed by atoms with van der Waals surface area (Å²) in [5.74, 6) is 1.19. The van der Waals surface area contributed by atoms with Gasteiger partial charge in [-0.2, -0.15) is 0 Å². The molecule has 2 rings (SSSR count). The van der Waals surface area contributed by atoms with Crippen LogP contribution in [0.15, 0.2) is 65.7 Å². The molecule has 0 saturated carbocycles. The first-order chi connectivity index (χ1) is 13.8. The van der Waals surface area contributed by atoms with Gasteiger partial charge in [-0.05, 0) is 24.0 Å². The monoisotopic (exact) mass is 511 g/mol. The first kappa shape index (κ1) is 25.4. The number of halogens is 1. The Balaban J connectivity index is 0.00000420. The average molecular weight is 511 g/mol. The van der Waals surface area contributed by atoms with E-state index in [4.69, 9.17) is 9.47 Å². The molecule has 0 spiro atoms. The minimum absolute atomic E-state index is 0. The van der Waals surface area contributed by atoms with E-state index in [1.165, 1.54) is 11.1 Å². The zero-order chi connectivity index (χ0) is 19.9. The first-order valence-electron chi connectivity index (χ1n) is 9.96. The van der Waals surface area contributed by atoms with Gasteiger partial charge in [0.1, 0.15) is 0 Å². The van der Waals surface area contributed by atoms with E-state index < -0.39 is 0 Å². The van der Waals surface area contributed by atoms with Gasteiger partial charge >= 0.3 is 0 Å². The zero-order valence-electron chi connectivity index (χ0n) is 17.5. The minimum atomic E-state index is 0. The molecule has 0 radical (unpaired) electrons. The highest BCUT2D eigenvalue weighted by molar-refractivity contribution is 14.0. The van der Waals surface area contributed by atoms with Gasteiger partial charge in [-0.25, -0.2) is 0 Å². The van der Waals surface area contributed by atoms with Crippen molar-refractivity contribution in [3.63, 3.8) is 0 Å². The van der Waals surface area contributed by atoms with Crippen LogP contribution < -0.4 is 10.6 Å². The van der Waals surface area contributed by atoms with E-state index in [0.29, 0.717) is 19.1 Å². The third-order valence-corrected chi connectivity index (χ3v) is 4.54. The highest BCUT2D eigenvalue weighted by Crippen LogP contribution is 2.27. The van der Waals surface area contributed by atoms with Crippen molar-refractivity contribution >= 4 is 29.9 Å². The number of hydrogen-bond acceptors (Lipinski definition) is 3. The summed E-state index contributed by atoms with van der Waals surface area (Å²) in [4.78, 5) is 4.31. The maximum atomic E-state index is 5.47. The van der Waals surface area contributed by atoms with E-state index in [2.05, 4.69) is 76.3 Å². The van der Waals surface area contributed by atoms with E-state index >= 15 is 0 Å². The number of nitrogens with zero attached hydrogens (tertiary/aromatic N) is 1. The standard InChI is InChI=1S/C23H33N3O2.HI/c1-24-23(25-15-9-17-28-19-18-27-2)26-16-14-22(20-10-5-3-6-11-20)21-12-7-4-8-13-21;/h3-8,10-13,22H,9,14-19H2,1-2H3,(H2,24,25,26);1H. The lowest BCUT2D eigenvalue weighted by Crippen LogP contribution is -2.38. The predicted molar refractivity (Wildman–Crippen MR) is 131 cm³/mol. The Morgan fingerprint density at radius 1 is 0.862 bits per heavy atom. The molecule has 0 aromatic heterocycles. The van der Waals surface area contributed by atoms with Crippen LogP contribution in [0.2, 0.25) is 0 Å². The van der Waals surface area contributed by atoms with Crippen LogP contribution in [0, 0.1) is 0 Å². The largest absolute Gasteiger partial charge is 0.382 e. The predicted octanol–water partition coefficient (Wildman–Crippen LogP) is 4.04. The molecule has 0 bridgehead atoms. The van der Waals surface area contributed by atoms with Crippen molar-refractivity contribution in [3.05, 3.63) is 71.8 Å². The summed E-state index contributed by atoms with van der Waals surface area (Å²) in [6.07, 6.45) is 1.93. The number of guanidine groups is 1. The second-order valence-corrected chi connectivity index (χ2v) is 6.55. The van der Waals surface area contributed by atoms with Crippen molar-refractivity contribution < 1.29 is 9.47 Å². The highest BCUT2D eigenvalue weighted by atomic mass is 127. The third kappa shape index (κ3) is 10.1. The molecular weight excluding hydrogens is 477 g/mol. The number of benzene rings is 2. The van der Waals surface area contributed by atoms with Crippen LogP contribution >= 0.6 is 24.0 Å². The number of aliphatic imine (C=N–C) groups is 1. The van der Waals surface area contributed by atoms with Gasteiger partial charge in [-0.15, -0.1) is 24.0 Å².